The van der Waals surface area contributed by atoms with Crippen molar-refractivity contribution in [3.05, 3.63) is 60.0 Å². The van der Waals surface area contributed by atoms with Crippen molar-refractivity contribution in [3.63, 3.8) is 0 Å². The highest BCUT2D eigenvalue weighted by Gasteiger charge is 2.53. The van der Waals surface area contributed by atoms with Crippen LogP contribution in [0.3, 0.4) is 0 Å². The summed E-state index contributed by atoms with van der Waals surface area (Å²) in [6.45, 7) is 2.61. The predicted molar refractivity (Wildman–Crippen MR) is 119 cm³/mol. The second kappa shape index (κ2) is 8.81. The second-order valence-corrected chi connectivity index (χ2v) is 11.3. The summed E-state index contributed by atoms with van der Waals surface area (Å²) in [6.07, 6.45) is 0.711. The summed E-state index contributed by atoms with van der Waals surface area (Å²) >= 11 is 1.08. The molecule has 0 spiro atoms. The summed E-state index contributed by atoms with van der Waals surface area (Å²) in [5.41, 5.74) is -1.37. The lowest BCUT2D eigenvalue weighted by Gasteiger charge is -2.32. The molecule has 1 fully saturated rings. The van der Waals surface area contributed by atoms with E-state index in [1.54, 1.807) is 31.5 Å². The number of rotatable bonds is 8. The number of benzene rings is 1. The number of alkyl halides is 3. The van der Waals surface area contributed by atoms with Crippen LogP contribution in [0.1, 0.15) is 50.3 Å². The highest BCUT2D eigenvalue weighted by Crippen LogP contribution is 2.47. The monoisotopic (exact) mass is 496 g/mol. The molecule has 0 aliphatic heterocycles. The van der Waals surface area contributed by atoms with E-state index in [0.717, 1.165) is 36.7 Å². The van der Waals surface area contributed by atoms with Crippen molar-refractivity contribution in [2.24, 2.45) is 0 Å². The fourth-order valence-electron chi connectivity index (χ4n) is 3.44. The molecule has 1 atom stereocenters. The Kier molecular flexibility index (Phi) is 6.36. The lowest BCUT2D eigenvalue weighted by atomic mass is 9.95. The van der Waals surface area contributed by atoms with E-state index in [1.165, 1.54) is 24.3 Å². The van der Waals surface area contributed by atoms with Crippen molar-refractivity contribution in [2.45, 2.75) is 59.9 Å². The smallest absolute Gasteiger partial charge is 0.361 e. The number of aromatic nitrogens is 2. The van der Waals surface area contributed by atoms with Crippen LogP contribution in [0.4, 0.5) is 13.2 Å². The van der Waals surface area contributed by atoms with Gasteiger partial charge in [0.05, 0.1) is 10.6 Å². The number of ether oxygens (including phenoxy) is 1. The zero-order chi connectivity index (χ0) is 23.9. The molecule has 1 aliphatic rings. The minimum Gasteiger partial charge on any atom is -0.361 e. The van der Waals surface area contributed by atoms with Crippen molar-refractivity contribution in [1.82, 2.24) is 9.97 Å². The van der Waals surface area contributed by atoms with Crippen molar-refractivity contribution in [2.75, 3.05) is 6.61 Å². The normalized spacial score (nSPS) is 16.5. The van der Waals surface area contributed by atoms with Gasteiger partial charge in [-0.3, -0.25) is 4.98 Å². The highest BCUT2D eigenvalue weighted by molar-refractivity contribution is 7.93. The molecule has 2 heterocycles. The lowest BCUT2D eigenvalue weighted by molar-refractivity contribution is -0.277. The SMILES string of the molecule is CCCOC(C)(c1ccc(S(=O)(=O)c2sc(-c3ccncc3)nc2C2CC2)cc1)C(F)(F)F. The van der Waals surface area contributed by atoms with E-state index in [4.69, 9.17) is 4.74 Å². The standard InChI is InChI=1S/C23H23F3N2O3S2/c1-3-14-31-22(2,23(24,25)26)17-6-8-18(9-7-17)33(29,30)21-19(15-4-5-15)28-20(32-21)16-10-12-27-13-11-16/h6-13,15H,3-5,14H2,1-2H3. The summed E-state index contributed by atoms with van der Waals surface area (Å²) in [5, 5.41) is 0.576. The van der Waals surface area contributed by atoms with Crippen molar-refractivity contribution in [3.8, 4) is 10.6 Å². The lowest BCUT2D eigenvalue weighted by Crippen LogP contribution is -2.42. The van der Waals surface area contributed by atoms with Crippen molar-refractivity contribution < 1.29 is 26.3 Å². The molecule has 0 radical (unpaired) electrons. The van der Waals surface area contributed by atoms with E-state index in [2.05, 4.69) is 9.97 Å². The molecule has 0 saturated heterocycles. The minimum atomic E-state index is -4.65. The quantitative estimate of drug-likeness (QED) is 0.376. The largest absolute Gasteiger partial charge is 0.421 e. The van der Waals surface area contributed by atoms with E-state index >= 15 is 0 Å². The van der Waals surface area contributed by atoms with Crippen LogP contribution in [0.15, 0.2) is 57.9 Å². The number of nitrogens with zero attached hydrogens (tertiary/aromatic N) is 2. The van der Waals surface area contributed by atoms with Crippen LogP contribution in [-0.4, -0.2) is 31.2 Å². The molecule has 4 rings (SSSR count). The third-order valence-corrected chi connectivity index (χ3v) is 9.02. The number of hydrogen-bond acceptors (Lipinski definition) is 6. The van der Waals surface area contributed by atoms with E-state index in [0.29, 0.717) is 17.1 Å². The summed E-state index contributed by atoms with van der Waals surface area (Å²) < 4.78 is 73.6. The topological polar surface area (TPSA) is 69.2 Å². The molecule has 176 valence electrons. The predicted octanol–water partition coefficient (Wildman–Crippen LogP) is 6.12. The molecule has 1 saturated carbocycles. The highest BCUT2D eigenvalue weighted by atomic mass is 32.2. The van der Waals surface area contributed by atoms with Crippen molar-refractivity contribution >= 4 is 21.2 Å². The summed E-state index contributed by atoms with van der Waals surface area (Å²) in [7, 11) is -3.96. The maximum absolute atomic E-state index is 13.8. The van der Waals surface area contributed by atoms with Gasteiger partial charge in [-0.1, -0.05) is 19.1 Å². The van der Waals surface area contributed by atoms with Crippen LogP contribution in [0.2, 0.25) is 0 Å². The molecular formula is C23H23F3N2O3S2. The van der Waals surface area contributed by atoms with Crippen molar-refractivity contribution in [1.29, 1.82) is 0 Å². The number of sulfone groups is 1. The molecule has 0 bridgehead atoms. The Morgan fingerprint density at radius 3 is 2.27 bits per heavy atom. The van der Waals surface area contributed by atoms with Crippen LogP contribution in [0.25, 0.3) is 10.6 Å². The molecule has 1 aromatic carbocycles. The first-order chi connectivity index (χ1) is 15.6. The average molecular weight is 497 g/mol. The Balaban J connectivity index is 1.72. The number of hydrogen-bond donors (Lipinski definition) is 0. The van der Waals surface area contributed by atoms with Gasteiger partial charge in [-0.15, -0.1) is 11.3 Å². The van der Waals surface area contributed by atoms with Crippen LogP contribution >= 0.6 is 11.3 Å². The van der Waals surface area contributed by atoms with E-state index in [9.17, 15) is 21.6 Å². The maximum Gasteiger partial charge on any atom is 0.421 e. The molecule has 10 heteroatoms. The molecule has 33 heavy (non-hydrogen) atoms. The second-order valence-electron chi connectivity index (χ2n) is 8.11. The van der Waals surface area contributed by atoms with Gasteiger partial charge in [-0.25, -0.2) is 13.4 Å². The molecule has 0 amide bonds. The Morgan fingerprint density at radius 1 is 1.09 bits per heavy atom. The number of halogens is 3. The summed E-state index contributed by atoms with van der Waals surface area (Å²) in [4.78, 5) is 8.50. The molecule has 3 aromatic rings. The van der Waals surface area contributed by atoms with Gasteiger partial charge in [0.15, 0.2) is 5.60 Å². The molecule has 5 nitrogen and oxygen atoms in total. The Labute approximate surface area is 194 Å². The fraction of sp³-hybridized carbons (Fsp3) is 0.391. The fourth-order valence-corrected chi connectivity index (χ4v) is 6.49. The molecule has 1 unspecified atom stereocenters. The molecule has 1 aliphatic carbocycles. The van der Waals surface area contributed by atoms with E-state index in [1.807, 2.05) is 0 Å². The van der Waals surface area contributed by atoms with Gasteiger partial charge in [-0.2, -0.15) is 13.2 Å². The first-order valence-corrected chi connectivity index (χ1v) is 12.9. The number of thiazole rings is 1. The zero-order valence-electron chi connectivity index (χ0n) is 18.1. The third-order valence-electron chi connectivity index (χ3n) is 5.61. The Morgan fingerprint density at radius 2 is 1.73 bits per heavy atom. The average Bonchev–Trinajstić information content (AvgIpc) is 3.54. The first kappa shape index (κ1) is 23.8. The minimum absolute atomic E-state index is 0.0700. The van der Waals surface area contributed by atoms with Crippen LogP contribution in [-0.2, 0) is 20.2 Å². The van der Waals surface area contributed by atoms with Gasteiger partial charge in [0.2, 0.25) is 9.84 Å². The van der Waals surface area contributed by atoms with Gasteiger partial charge < -0.3 is 4.74 Å². The van der Waals surface area contributed by atoms with E-state index < -0.39 is 21.6 Å². The van der Waals surface area contributed by atoms with Gasteiger partial charge in [0, 0.05) is 30.5 Å². The Hall–Kier alpha value is -2.30. The van der Waals surface area contributed by atoms with Gasteiger partial charge in [-0.05, 0) is 56.0 Å². The molecular weight excluding hydrogens is 473 g/mol. The molecule has 0 N–H and O–H groups in total. The van der Waals surface area contributed by atoms with E-state index in [-0.39, 0.29) is 27.2 Å². The first-order valence-electron chi connectivity index (χ1n) is 10.6. The summed E-state index contributed by atoms with van der Waals surface area (Å²) in [5.74, 6) is 0.0804. The van der Waals surface area contributed by atoms with Gasteiger partial charge in [0.1, 0.15) is 9.22 Å². The van der Waals surface area contributed by atoms with Gasteiger partial charge in [0.25, 0.3) is 0 Å². The number of pyridine rings is 1. The van der Waals surface area contributed by atoms with Gasteiger partial charge >= 0.3 is 6.18 Å². The van der Waals surface area contributed by atoms with Crippen LogP contribution < -0.4 is 0 Å². The third kappa shape index (κ3) is 4.56. The summed E-state index contributed by atoms with van der Waals surface area (Å²) in [6, 6.07) is 8.30. The van der Waals surface area contributed by atoms with Crippen LogP contribution in [0.5, 0.6) is 0 Å². The van der Waals surface area contributed by atoms with Crippen LogP contribution in [0, 0.1) is 0 Å². The Bertz CT molecular complexity index is 1220. The zero-order valence-corrected chi connectivity index (χ0v) is 19.7. The molecule has 2 aromatic heterocycles. The maximum atomic E-state index is 13.8.